The minimum Gasteiger partial charge on any atom is -0.493 e. The number of hydrogen-bond donors (Lipinski definition) is 0. The second-order valence-corrected chi connectivity index (χ2v) is 7.82. The molecule has 0 saturated heterocycles. The third-order valence-electron chi connectivity index (χ3n) is 3.83. The van der Waals surface area contributed by atoms with Gasteiger partial charge in [-0.1, -0.05) is 15.9 Å². The molecule has 2 aromatic carbocycles. The molecule has 0 saturated carbocycles. The lowest BCUT2D eigenvalue weighted by molar-refractivity contribution is -0.143. The second-order valence-electron chi connectivity index (χ2n) is 5.74. The van der Waals surface area contributed by atoms with Gasteiger partial charge in [-0.3, -0.25) is 0 Å². The number of hydrogen-bond acceptors (Lipinski definition) is 7. The van der Waals surface area contributed by atoms with E-state index in [1.807, 2.05) is 12.1 Å². The van der Waals surface area contributed by atoms with E-state index in [-0.39, 0.29) is 18.2 Å². The molecule has 0 fully saturated rings. The van der Waals surface area contributed by atoms with Gasteiger partial charge in [-0.25, -0.2) is 14.6 Å². The van der Waals surface area contributed by atoms with Crippen molar-refractivity contribution in [2.75, 3.05) is 20.8 Å². The van der Waals surface area contributed by atoms with Crippen LogP contribution in [-0.2, 0) is 19.1 Å². The van der Waals surface area contributed by atoms with Crippen LogP contribution in [0.15, 0.2) is 51.6 Å². The molecule has 7 nitrogen and oxygen atoms in total. The lowest BCUT2D eigenvalue weighted by atomic mass is 10.1. The summed E-state index contributed by atoms with van der Waals surface area (Å²) < 4.78 is 22.3. The third-order valence-corrected chi connectivity index (χ3v) is 5.16. The summed E-state index contributed by atoms with van der Waals surface area (Å²) in [5.41, 5.74) is 1.54. The number of rotatable bonds is 6. The molecule has 9 heteroatoms. The minimum atomic E-state index is -0.539. The predicted molar refractivity (Wildman–Crippen MR) is 118 cm³/mol. The number of benzene rings is 2. The van der Waals surface area contributed by atoms with Gasteiger partial charge in [0.15, 0.2) is 23.8 Å². The van der Waals surface area contributed by atoms with E-state index in [4.69, 9.17) is 14.2 Å². The first-order valence-corrected chi connectivity index (χ1v) is 10.1. The summed E-state index contributed by atoms with van der Waals surface area (Å²) in [6.45, 7) is -0.240. The third kappa shape index (κ3) is 5.15. The van der Waals surface area contributed by atoms with Crippen molar-refractivity contribution in [1.29, 1.82) is 0 Å². The van der Waals surface area contributed by atoms with Crippen LogP contribution in [0.1, 0.15) is 11.1 Å². The summed E-state index contributed by atoms with van der Waals surface area (Å²) in [4.78, 5) is 27.8. The molecule has 1 aliphatic rings. The first-order chi connectivity index (χ1) is 13.9. The van der Waals surface area contributed by atoms with E-state index in [0.717, 1.165) is 4.47 Å². The van der Waals surface area contributed by atoms with E-state index in [1.54, 1.807) is 30.3 Å². The summed E-state index contributed by atoms with van der Waals surface area (Å²) in [6, 6.07) is 10.8. The summed E-state index contributed by atoms with van der Waals surface area (Å²) >= 11 is 5.42. The number of aliphatic imine (C=N–C) groups is 1. The first kappa shape index (κ1) is 21.3. The zero-order chi connectivity index (χ0) is 21.0. The second kappa shape index (κ2) is 9.40. The fourth-order valence-electron chi connectivity index (χ4n) is 2.44. The molecule has 0 spiro atoms. The Bertz CT molecular complexity index is 1020. The van der Waals surface area contributed by atoms with Crippen molar-refractivity contribution < 1.29 is 28.5 Å². The topological polar surface area (TPSA) is 83.4 Å². The van der Waals surface area contributed by atoms with Gasteiger partial charge < -0.3 is 18.9 Å². The van der Waals surface area contributed by atoms with Gasteiger partial charge in [-0.2, -0.15) is 0 Å². The van der Waals surface area contributed by atoms with Crippen LogP contribution in [0.4, 0.5) is 0 Å². The standard InChI is InChI=1S/C20H15BrINO6/c1-26-16-9-11(7-14(22)18(16)28-10-17(24)27-2)8-15-20(25)29-19(23-15)12-3-5-13(21)6-4-12/h3-9H,10H2,1-2H3/b15-8-. The Hall–Kier alpha value is -2.40. The maximum absolute atomic E-state index is 12.2. The Morgan fingerprint density at radius 2 is 1.97 bits per heavy atom. The van der Waals surface area contributed by atoms with Crippen molar-refractivity contribution in [3.05, 3.63) is 61.3 Å². The van der Waals surface area contributed by atoms with Gasteiger partial charge in [-0.05, 0) is 70.6 Å². The Balaban J connectivity index is 1.89. The number of esters is 2. The van der Waals surface area contributed by atoms with Gasteiger partial charge in [-0.15, -0.1) is 0 Å². The number of carbonyl (C=O) groups is 2. The number of nitrogens with zero attached hydrogens (tertiary/aromatic N) is 1. The number of carbonyl (C=O) groups excluding carboxylic acids is 2. The molecular weight excluding hydrogens is 557 g/mol. The molecule has 1 aliphatic heterocycles. The van der Waals surface area contributed by atoms with Crippen molar-refractivity contribution in [2.45, 2.75) is 0 Å². The van der Waals surface area contributed by atoms with Crippen molar-refractivity contribution >= 4 is 62.4 Å². The maximum Gasteiger partial charge on any atom is 0.363 e. The predicted octanol–water partition coefficient (Wildman–Crippen LogP) is 3.96. The smallest absolute Gasteiger partial charge is 0.363 e. The molecule has 0 amide bonds. The highest BCUT2D eigenvalue weighted by Gasteiger charge is 2.24. The number of ether oxygens (including phenoxy) is 4. The molecule has 0 aromatic heterocycles. The largest absolute Gasteiger partial charge is 0.493 e. The highest BCUT2D eigenvalue weighted by Crippen LogP contribution is 2.35. The summed E-state index contributed by atoms with van der Waals surface area (Å²) in [5, 5.41) is 0. The fraction of sp³-hybridized carbons (Fsp3) is 0.150. The number of cyclic esters (lactones) is 1. The van der Waals surface area contributed by atoms with Gasteiger partial charge in [0.1, 0.15) is 0 Å². The molecule has 2 aromatic rings. The maximum atomic E-state index is 12.2. The fourth-order valence-corrected chi connectivity index (χ4v) is 3.48. The van der Waals surface area contributed by atoms with Crippen molar-refractivity contribution in [1.82, 2.24) is 0 Å². The number of halogens is 2. The number of methoxy groups -OCH3 is 2. The Morgan fingerprint density at radius 3 is 2.62 bits per heavy atom. The summed E-state index contributed by atoms with van der Waals surface area (Å²) in [6.07, 6.45) is 1.60. The molecule has 1 heterocycles. The average molecular weight is 572 g/mol. The highest BCUT2D eigenvalue weighted by atomic mass is 127. The molecule has 0 aliphatic carbocycles. The van der Waals surface area contributed by atoms with Crippen LogP contribution in [-0.4, -0.2) is 38.7 Å². The van der Waals surface area contributed by atoms with Crippen molar-refractivity contribution in [2.24, 2.45) is 4.99 Å². The van der Waals surface area contributed by atoms with Crippen LogP contribution in [0.5, 0.6) is 11.5 Å². The van der Waals surface area contributed by atoms with Gasteiger partial charge >= 0.3 is 11.9 Å². The molecule has 0 N–H and O–H groups in total. The van der Waals surface area contributed by atoms with Crippen LogP contribution in [0.3, 0.4) is 0 Å². The van der Waals surface area contributed by atoms with Crippen LogP contribution >= 0.6 is 38.5 Å². The zero-order valence-electron chi connectivity index (χ0n) is 15.4. The Kier molecular flexibility index (Phi) is 6.91. The molecular formula is C20H15BrINO6. The highest BCUT2D eigenvalue weighted by molar-refractivity contribution is 14.1. The van der Waals surface area contributed by atoms with Crippen LogP contribution in [0.2, 0.25) is 0 Å². The molecule has 3 rings (SSSR count). The Morgan fingerprint density at radius 1 is 1.24 bits per heavy atom. The van der Waals surface area contributed by atoms with E-state index in [2.05, 4.69) is 48.3 Å². The molecule has 29 heavy (non-hydrogen) atoms. The van der Waals surface area contributed by atoms with Crippen LogP contribution in [0.25, 0.3) is 6.08 Å². The van der Waals surface area contributed by atoms with E-state index in [0.29, 0.717) is 26.2 Å². The first-order valence-electron chi connectivity index (χ1n) is 8.27. The van der Waals surface area contributed by atoms with Gasteiger partial charge in [0, 0.05) is 10.0 Å². The normalized spacial score (nSPS) is 14.4. The SMILES string of the molecule is COC(=O)COc1c(I)cc(/C=C2\N=C(c3ccc(Br)cc3)OC2=O)cc1OC. The van der Waals surface area contributed by atoms with Gasteiger partial charge in [0.05, 0.1) is 17.8 Å². The minimum absolute atomic E-state index is 0.170. The van der Waals surface area contributed by atoms with Crippen molar-refractivity contribution in [3.63, 3.8) is 0 Å². The lowest BCUT2D eigenvalue weighted by Crippen LogP contribution is -2.13. The van der Waals surface area contributed by atoms with Gasteiger partial charge in [0.2, 0.25) is 5.90 Å². The molecule has 0 bridgehead atoms. The van der Waals surface area contributed by atoms with Crippen molar-refractivity contribution in [3.8, 4) is 11.5 Å². The van der Waals surface area contributed by atoms with Crippen LogP contribution in [0, 0.1) is 3.57 Å². The summed E-state index contributed by atoms with van der Waals surface area (Å²) in [7, 11) is 2.77. The van der Waals surface area contributed by atoms with E-state index in [9.17, 15) is 9.59 Å². The van der Waals surface area contributed by atoms with E-state index >= 15 is 0 Å². The quantitative estimate of drug-likeness (QED) is 0.296. The molecule has 0 radical (unpaired) electrons. The monoisotopic (exact) mass is 571 g/mol. The van der Waals surface area contributed by atoms with Gasteiger partial charge in [0.25, 0.3) is 0 Å². The van der Waals surface area contributed by atoms with Crippen LogP contribution < -0.4 is 9.47 Å². The molecule has 150 valence electrons. The lowest BCUT2D eigenvalue weighted by Gasteiger charge is -2.12. The zero-order valence-corrected chi connectivity index (χ0v) is 19.1. The Labute approximate surface area is 189 Å². The molecule has 0 unspecified atom stereocenters. The average Bonchev–Trinajstić information content (AvgIpc) is 3.07. The summed E-state index contributed by atoms with van der Waals surface area (Å²) in [5.74, 6) is 0.0266. The van der Waals surface area contributed by atoms with E-state index in [1.165, 1.54) is 14.2 Å². The molecule has 0 atom stereocenters. The van der Waals surface area contributed by atoms with E-state index < -0.39 is 11.9 Å².